The molecule has 0 saturated heterocycles. The average Bonchev–Trinajstić information content (AvgIpc) is 0.718. The molecule has 0 amide bonds. The van der Waals surface area contributed by atoms with Crippen LogP contribution in [0.2, 0.25) is 0 Å². The standard InChI is InChI=1S/C58H36.C41H25N.C40H26/c1-2-15-41-34-44(29-24-37(41)12-1)57-51-21-9-10-22-52(51)58(53-33-32-50(48-19-7-8-20-49(48)53)47-23-11-16-38-13-3-5-17-45(38)47)54-31-30-43(36-56(54)57)42-28-27-40-26-25-39-14-4-6-18-46(39)55(40)35-42;1-42-35-21-19-28-16-18-33(24-34(28)25-35)41-37-14-8-7-13-36(37)40(29-10-3-2-4-11-29)39-26-32(20-22-38(39)41)31-17-15-27-9-5-6-12-30(27)23-31;1-2-13-29(14-3-1)39-35-18-8-9-19-36(35)40(34-20-10-16-28-12-6-7-17-33(28)34)37-24-23-32(26-38(37)39)31-22-21-27-11-4-5-15-30(27)25-31/h1-36H;2-26H;1-26H/i;;1D,2D,3D,13D,14D. The van der Waals surface area contributed by atoms with Crippen LogP contribution < -0.4 is 0 Å². The van der Waals surface area contributed by atoms with Crippen LogP contribution in [0.25, 0.3) is 278 Å². The van der Waals surface area contributed by atoms with Gasteiger partial charge in [0.1, 0.15) is 0 Å². The zero-order chi connectivity index (χ0) is 97.0. The van der Waals surface area contributed by atoms with Crippen molar-refractivity contribution < 1.29 is 6.85 Å². The summed E-state index contributed by atoms with van der Waals surface area (Å²) in [7, 11) is 0. The minimum absolute atomic E-state index is 0.207. The number of nitrogens with zero attached hydrogens (tertiary/aromatic N) is 1. The Morgan fingerprint density at radius 2 is 0.407 bits per heavy atom. The lowest BCUT2D eigenvalue weighted by Crippen LogP contribution is -1.93. The molecule has 0 aromatic heterocycles. The number of hydrogen-bond donors (Lipinski definition) is 0. The summed E-state index contributed by atoms with van der Waals surface area (Å²) >= 11 is 0. The van der Waals surface area contributed by atoms with Crippen molar-refractivity contribution in [2.24, 2.45) is 0 Å². The Labute approximate surface area is 818 Å². The van der Waals surface area contributed by atoms with Gasteiger partial charge < -0.3 is 0 Å². The highest BCUT2D eigenvalue weighted by Crippen LogP contribution is 2.53. The molecule has 0 heterocycles. The van der Waals surface area contributed by atoms with Crippen molar-refractivity contribution in [1.82, 2.24) is 0 Å². The second kappa shape index (κ2) is 34.8. The van der Waals surface area contributed by atoms with Crippen LogP contribution in [-0.4, -0.2) is 0 Å². The van der Waals surface area contributed by atoms with Gasteiger partial charge in [-0.2, -0.15) is 0 Å². The molecule has 0 aliphatic carbocycles. The molecule has 0 N–H and O–H groups in total. The first-order valence-corrected chi connectivity index (χ1v) is 47.8. The average molecular weight is 1780 g/mol. The van der Waals surface area contributed by atoms with Crippen LogP contribution in [0.1, 0.15) is 6.85 Å². The molecule has 0 atom stereocenters. The lowest BCUT2D eigenvalue weighted by atomic mass is 9.82. The summed E-state index contributed by atoms with van der Waals surface area (Å²) in [5.41, 5.74) is 22.9. The van der Waals surface area contributed by atoms with Crippen LogP contribution in [0.5, 0.6) is 0 Å². The first-order valence-electron chi connectivity index (χ1n) is 50.3. The molecule has 0 bridgehead atoms. The first kappa shape index (κ1) is 76.9. The Hall–Kier alpha value is -18.5. The molecule has 0 unspecified atom stereocenters. The zero-order valence-corrected chi connectivity index (χ0v) is 76.3. The highest BCUT2D eigenvalue weighted by atomic mass is 14.6. The van der Waals surface area contributed by atoms with Gasteiger partial charge in [0.15, 0.2) is 5.69 Å². The topological polar surface area (TPSA) is 4.36 Å². The molecular formula is C139H87N. The van der Waals surface area contributed by atoms with Crippen molar-refractivity contribution in [3.05, 3.63) is 539 Å². The van der Waals surface area contributed by atoms with Gasteiger partial charge >= 0.3 is 0 Å². The van der Waals surface area contributed by atoms with E-state index in [1.54, 1.807) is 0 Å². The predicted molar refractivity (Wildman–Crippen MR) is 603 cm³/mol. The summed E-state index contributed by atoms with van der Waals surface area (Å²) in [6.07, 6.45) is 0. The second-order valence-electron chi connectivity index (χ2n) is 36.6. The smallest absolute Gasteiger partial charge is 0.187 e. The van der Waals surface area contributed by atoms with Crippen LogP contribution in [0.4, 0.5) is 5.69 Å². The Bertz CT molecular complexity index is 10300. The Balaban J connectivity index is 0.000000113. The molecule has 0 spiro atoms. The van der Waals surface area contributed by atoms with E-state index < -0.39 is 6.04 Å². The number of benzene rings is 28. The lowest BCUT2D eigenvalue weighted by Gasteiger charge is -2.21. The minimum Gasteiger partial charge on any atom is -0.238 e. The minimum atomic E-state index is -0.397. The van der Waals surface area contributed by atoms with Gasteiger partial charge in [0.25, 0.3) is 0 Å². The van der Waals surface area contributed by atoms with Crippen LogP contribution >= 0.6 is 0 Å². The Morgan fingerprint density at radius 1 is 0.136 bits per heavy atom. The van der Waals surface area contributed by atoms with Crippen LogP contribution in [0, 0.1) is 6.57 Å². The third-order valence-corrected chi connectivity index (χ3v) is 28.7. The van der Waals surface area contributed by atoms with Crippen molar-refractivity contribution in [2.75, 3.05) is 0 Å². The second-order valence-corrected chi connectivity index (χ2v) is 36.6. The van der Waals surface area contributed by atoms with Crippen LogP contribution in [-0.2, 0) is 0 Å². The van der Waals surface area contributed by atoms with Gasteiger partial charge in [-0.3, -0.25) is 0 Å². The monoisotopic (exact) mass is 1770 g/mol. The maximum absolute atomic E-state index is 8.98. The van der Waals surface area contributed by atoms with Crippen molar-refractivity contribution >= 4 is 167 Å². The Morgan fingerprint density at radius 3 is 0.900 bits per heavy atom. The third kappa shape index (κ3) is 14.5. The van der Waals surface area contributed by atoms with Gasteiger partial charge in [-0.15, -0.1) is 0 Å². The summed E-state index contributed by atoms with van der Waals surface area (Å²) in [4.78, 5) is 3.68. The van der Waals surface area contributed by atoms with E-state index >= 15 is 0 Å². The fourth-order valence-electron chi connectivity index (χ4n) is 22.2. The highest BCUT2D eigenvalue weighted by molar-refractivity contribution is 6.28. The van der Waals surface area contributed by atoms with Gasteiger partial charge in [-0.1, -0.05) is 473 Å². The number of fused-ring (bicyclic) bond motifs is 16. The molecule has 0 radical (unpaired) electrons. The quantitative estimate of drug-likeness (QED) is 0.0730. The van der Waals surface area contributed by atoms with Crippen molar-refractivity contribution in [1.29, 1.82) is 0 Å². The first-order chi connectivity index (χ1) is 71.4. The predicted octanol–water partition coefficient (Wildman–Crippen LogP) is 39.6. The van der Waals surface area contributed by atoms with Gasteiger partial charge in [0.05, 0.1) is 13.4 Å². The summed E-state index contributed by atoms with van der Waals surface area (Å²) in [6, 6.07) is 178. The lowest BCUT2D eigenvalue weighted by molar-refractivity contribution is 1.65. The summed E-state index contributed by atoms with van der Waals surface area (Å²) in [5, 5.41) is 35.4. The van der Waals surface area contributed by atoms with Crippen LogP contribution in [0.3, 0.4) is 0 Å². The molecule has 0 fully saturated rings. The normalized spacial score (nSPS) is 12.1. The van der Waals surface area contributed by atoms with E-state index in [0.29, 0.717) is 11.3 Å². The molecular weight excluding hydrogens is 1680 g/mol. The third-order valence-electron chi connectivity index (χ3n) is 28.7. The summed E-state index contributed by atoms with van der Waals surface area (Å²) in [5.74, 6) is 0. The SMILES string of the molecule is [2H]c1c([2H])c([2H])c(-c2c3ccccc3c(-c3cccc4ccccc34)c3ccc(-c4ccc5ccccc5c4)cc23)c([2H])c1[2H].[C-]#[N+]c1ccc2ccc(-c3c4ccccc4c(-c4ccccc4)c4cc(-c5ccc6ccccc6c5)ccc34)cc2c1.c1ccc2cc(-c3c4ccccc4c(-c4ccc(-c5cccc6ccccc56)c5ccccc45)c4ccc(-c5ccc6ccc7ccccc7c6c5)cc34)ccc2c1. The van der Waals surface area contributed by atoms with Crippen molar-refractivity contribution in [3.63, 3.8) is 0 Å². The highest BCUT2D eigenvalue weighted by Gasteiger charge is 2.25. The van der Waals surface area contributed by atoms with E-state index in [-0.39, 0.29) is 29.7 Å². The molecule has 140 heavy (non-hydrogen) atoms. The zero-order valence-electron chi connectivity index (χ0n) is 81.3. The van der Waals surface area contributed by atoms with Crippen molar-refractivity contribution in [3.8, 4) is 111 Å². The maximum Gasteiger partial charge on any atom is 0.187 e. The molecule has 1 nitrogen and oxygen atoms in total. The molecule has 28 aromatic rings. The van der Waals surface area contributed by atoms with Gasteiger partial charge in [0.2, 0.25) is 0 Å². The summed E-state index contributed by atoms with van der Waals surface area (Å²) < 4.78 is 43.3. The summed E-state index contributed by atoms with van der Waals surface area (Å²) in [6.45, 7) is 7.52. The van der Waals surface area contributed by atoms with E-state index in [2.05, 4.69) is 448 Å². The van der Waals surface area contributed by atoms with E-state index in [0.717, 1.165) is 81.7 Å². The van der Waals surface area contributed by atoms with E-state index in [9.17, 15) is 0 Å². The fourth-order valence-corrected chi connectivity index (χ4v) is 22.2. The number of rotatable bonds is 10. The van der Waals surface area contributed by atoms with E-state index in [1.807, 2.05) is 54.6 Å². The Kier molecular flexibility index (Phi) is 19.1. The maximum atomic E-state index is 8.98. The van der Waals surface area contributed by atoms with Crippen molar-refractivity contribution in [2.45, 2.75) is 0 Å². The molecule has 0 aliphatic heterocycles. The molecule has 0 saturated carbocycles. The van der Waals surface area contributed by atoms with Gasteiger partial charge in [-0.25, -0.2) is 4.85 Å². The van der Waals surface area contributed by atoms with Gasteiger partial charge in [0, 0.05) is 0 Å². The fraction of sp³-hybridized carbons (Fsp3) is 0. The molecule has 0 aliphatic rings. The largest absolute Gasteiger partial charge is 0.238 e. The number of hydrogen-bond acceptors (Lipinski definition) is 0. The molecule has 28 aromatic carbocycles. The molecule has 648 valence electrons. The molecule has 28 rings (SSSR count). The van der Waals surface area contributed by atoms with E-state index in [4.69, 9.17) is 13.4 Å². The van der Waals surface area contributed by atoms with E-state index in [1.165, 1.54) is 180 Å². The van der Waals surface area contributed by atoms with Crippen LogP contribution in [0.15, 0.2) is 528 Å². The van der Waals surface area contributed by atoms with Gasteiger partial charge in [-0.05, 0) is 327 Å². The molecule has 1 heteroatoms.